The van der Waals surface area contributed by atoms with Crippen molar-refractivity contribution in [1.82, 2.24) is 8.84 Å². The normalized spacial score (nSPS) is 28.0. The fourth-order valence-corrected chi connectivity index (χ4v) is 2.82. The van der Waals surface area contributed by atoms with Gasteiger partial charge in [-0.15, -0.1) is 0 Å². The Balaban J connectivity index is 2.27. The number of hydrogen-bond donors (Lipinski definition) is 0. The molecule has 0 N–H and O–H groups in total. The van der Waals surface area contributed by atoms with Crippen molar-refractivity contribution in [2.24, 2.45) is 0 Å². The Labute approximate surface area is 104 Å². The SMILES string of the molecule is C[N+]1(C)CCC2(CC1)C(=O)N(Cl)C(=O)N2Cl. The number of quaternary nitrogens is 1. The van der Waals surface area contributed by atoms with Gasteiger partial charge < -0.3 is 4.48 Å². The zero-order valence-electron chi connectivity index (χ0n) is 9.24. The number of likely N-dealkylation sites (tertiary alicyclic amines) is 1. The average molecular weight is 267 g/mol. The largest absolute Gasteiger partial charge is 0.357 e. The summed E-state index contributed by atoms with van der Waals surface area (Å²) in [6, 6.07) is -0.638. The Bertz CT molecular complexity index is 349. The number of urea groups is 1. The highest BCUT2D eigenvalue weighted by Gasteiger charge is 2.59. The van der Waals surface area contributed by atoms with E-state index in [9.17, 15) is 9.59 Å². The topological polar surface area (TPSA) is 40.6 Å². The Morgan fingerprint density at radius 1 is 1.19 bits per heavy atom. The van der Waals surface area contributed by atoms with Crippen LogP contribution in [0.4, 0.5) is 4.79 Å². The van der Waals surface area contributed by atoms with E-state index < -0.39 is 17.5 Å². The summed E-state index contributed by atoms with van der Waals surface area (Å²) in [5, 5.41) is 0. The number of carbonyl (C=O) groups excluding carboxylic acids is 2. The first-order valence-electron chi connectivity index (χ1n) is 5.12. The van der Waals surface area contributed by atoms with Crippen LogP contribution in [0.5, 0.6) is 0 Å². The molecule has 0 atom stereocenters. The fraction of sp³-hybridized carbons (Fsp3) is 0.778. The second-order valence-corrected chi connectivity index (χ2v) is 5.74. The van der Waals surface area contributed by atoms with Crippen molar-refractivity contribution in [3.8, 4) is 0 Å². The molecule has 7 heteroatoms. The lowest BCUT2D eigenvalue weighted by atomic mass is 9.87. The molecule has 0 aromatic carbocycles. The maximum Gasteiger partial charge on any atom is 0.357 e. The van der Waals surface area contributed by atoms with Gasteiger partial charge in [0.2, 0.25) is 0 Å². The van der Waals surface area contributed by atoms with Gasteiger partial charge in [-0.2, -0.15) is 4.42 Å². The molecule has 0 aromatic heterocycles. The van der Waals surface area contributed by atoms with Gasteiger partial charge in [0.15, 0.2) is 5.54 Å². The lowest BCUT2D eigenvalue weighted by Gasteiger charge is -2.42. The van der Waals surface area contributed by atoms with Crippen LogP contribution in [-0.2, 0) is 4.79 Å². The Kier molecular flexibility index (Phi) is 2.60. The summed E-state index contributed by atoms with van der Waals surface area (Å²) in [7, 11) is 4.18. The molecule has 0 bridgehead atoms. The van der Waals surface area contributed by atoms with Crippen LogP contribution in [0.1, 0.15) is 12.8 Å². The van der Waals surface area contributed by atoms with Crippen molar-refractivity contribution in [3.63, 3.8) is 0 Å². The van der Waals surface area contributed by atoms with Crippen molar-refractivity contribution < 1.29 is 14.1 Å². The number of hydrogen-bond acceptors (Lipinski definition) is 2. The van der Waals surface area contributed by atoms with Crippen LogP contribution < -0.4 is 0 Å². The van der Waals surface area contributed by atoms with Gasteiger partial charge in [-0.3, -0.25) is 4.79 Å². The summed E-state index contributed by atoms with van der Waals surface area (Å²) in [6.07, 6.45) is 1.11. The Hall–Kier alpha value is -0.520. The lowest BCUT2D eigenvalue weighted by Crippen LogP contribution is -2.58. The van der Waals surface area contributed by atoms with Crippen molar-refractivity contribution in [2.45, 2.75) is 18.4 Å². The summed E-state index contributed by atoms with van der Waals surface area (Å²) in [4.78, 5) is 23.5. The molecule has 2 rings (SSSR count). The first kappa shape index (κ1) is 12.0. The van der Waals surface area contributed by atoms with Gasteiger partial charge in [0.05, 0.1) is 27.2 Å². The van der Waals surface area contributed by atoms with Gasteiger partial charge in [-0.05, 0) is 0 Å². The van der Waals surface area contributed by atoms with Gasteiger partial charge in [-0.25, -0.2) is 9.21 Å². The molecular weight excluding hydrogens is 253 g/mol. The molecule has 2 heterocycles. The molecular formula is C9H14Cl2N3O2+. The molecule has 2 aliphatic heterocycles. The highest BCUT2D eigenvalue weighted by atomic mass is 35.5. The first-order valence-corrected chi connectivity index (χ1v) is 5.80. The predicted molar refractivity (Wildman–Crippen MR) is 59.6 cm³/mol. The van der Waals surface area contributed by atoms with Gasteiger partial charge in [0.1, 0.15) is 0 Å². The summed E-state index contributed by atoms with van der Waals surface area (Å²) >= 11 is 11.5. The van der Waals surface area contributed by atoms with E-state index in [1.165, 1.54) is 0 Å². The molecule has 2 aliphatic rings. The van der Waals surface area contributed by atoms with E-state index in [1.807, 2.05) is 0 Å². The Morgan fingerprint density at radius 3 is 2.06 bits per heavy atom. The van der Waals surface area contributed by atoms with Crippen LogP contribution in [0.3, 0.4) is 0 Å². The third kappa shape index (κ3) is 1.49. The minimum Gasteiger partial charge on any atom is -0.328 e. The van der Waals surface area contributed by atoms with E-state index in [1.54, 1.807) is 0 Å². The van der Waals surface area contributed by atoms with Gasteiger partial charge >= 0.3 is 6.03 Å². The van der Waals surface area contributed by atoms with E-state index in [0.29, 0.717) is 17.3 Å². The zero-order chi connectivity index (χ0) is 12.1. The number of piperidine rings is 1. The fourth-order valence-electron chi connectivity index (χ4n) is 2.24. The average Bonchev–Trinajstić information content (AvgIpc) is 2.39. The number of rotatable bonds is 0. The van der Waals surface area contributed by atoms with Crippen molar-refractivity contribution in [2.75, 3.05) is 27.2 Å². The minimum atomic E-state index is -0.922. The van der Waals surface area contributed by atoms with Crippen molar-refractivity contribution in [1.29, 1.82) is 0 Å². The van der Waals surface area contributed by atoms with Gasteiger partial charge in [0, 0.05) is 36.4 Å². The summed E-state index contributed by atoms with van der Waals surface area (Å²) in [5.74, 6) is -0.395. The molecule has 3 amide bonds. The lowest BCUT2D eigenvalue weighted by molar-refractivity contribution is -0.896. The molecule has 0 unspecified atom stereocenters. The number of amides is 3. The highest BCUT2D eigenvalue weighted by molar-refractivity contribution is 6.39. The maximum absolute atomic E-state index is 12.0. The molecule has 5 nitrogen and oxygen atoms in total. The predicted octanol–water partition coefficient (Wildman–Crippen LogP) is 1.17. The second kappa shape index (κ2) is 3.48. The van der Waals surface area contributed by atoms with E-state index in [0.717, 1.165) is 22.0 Å². The summed E-state index contributed by atoms with van der Waals surface area (Å²) in [6.45, 7) is 1.60. The Morgan fingerprint density at radius 2 is 1.69 bits per heavy atom. The van der Waals surface area contributed by atoms with E-state index >= 15 is 0 Å². The van der Waals surface area contributed by atoms with E-state index in [2.05, 4.69) is 14.1 Å². The van der Waals surface area contributed by atoms with Crippen LogP contribution in [0.25, 0.3) is 0 Å². The third-order valence-corrected chi connectivity index (χ3v) is 4.32. The van der Waals surface area contributed by atoms with Crippen LogP contribution in [0.15, 0.2) is 0 Å². The van der Waals surface area contributed by atoms with Crippen LogP contribution in [0.2, 0.25) is 0 Å². The number of carbonyl (C=O) groups is 2. The smallest absolute Gasteiger partial charge is 0.328 e. The molecule has 0 saturated carbocycles. The highest BCUT2D eigenvalue weighted by Crippen LogP contribution is 2.40. The molecule has 0 aliphatic carbocycles. The number of nitrogens with zero attached hydrogens (tertiary/aromatic N) is 3. The van der Waals surface area contributed by atoms with Crippen LogP contribution >= 0.6 is 23.6 Å². The molecule has 0 radical (unpaired) electrons. The first-order chi connectivity index (χ1) is 7.30. The minimum absolute atomic E-state index is 0.395. The van der Waals surface area contributed by atoms with Crippen LogP contribution in [0, 0.1) is 0 Å². The van der Waals surface area contributed by atoms with Crippen molar-refractivity contribution >= 4 is 35.5 Å². The molecule has 2 saturated heterocycles. The molecule has 2 fully saturated rings. The zero-order valence-corrected chi connectivity index (χ0v) is 10.8. The van der Waals surface area contributed by atoms with Gasteiger partial charge in [-0.1, -0.05) is 0 Å². The molecule has 0 aromatic rings. The number of imide groups is 1. The second-order valence-electron chi connectivity index (χ2n) is 5.06. The van der Waals surface area contributed by atoms with Crippen molar-refractivity contribution in [3.05, 3.63) is 0 Å². The maximum atomic E-state index is 12.0. The summed E-state index contributed by atoms with van der Waals surface area (Å²) in [5.41, 5.74) is -0.922. The molecule has 90 valence electrons. The van der Waals surface area contributed by atoms with E-state index in [-0.39, 0.29) is 0 Å². The number of halogens is 2. The van der Waals surface area contributed by atoms with E-state index in [4.69, 9.17) is 23.6 Å². The molecule has 1 spiro atoms. The third-order valence-electron chi connectivity index (χ3n) is 3.55. The quantitative estimate of drug-likeness (QED) is 0.375. The standard InChI is InChI=1S/C9H14Cl2N3O2/c1-14(2)5-3-9(4-6-14)7(15)12(10)8(16)13(9)11/h3-6H2,1-2H3/q+1. The van der Waals surface area contributed by atoms with Gasteiger partial charge in [0.25, 0.3) is 5.91 Å². The monoisotopic (exact) mass is 266 g/mol. The summed E-state index contributed by atoms with van der Waals surface area (Å²) < 4.78 is 2.40. The van der Waals surface area contributed by atoms with Crippen LogP contribution in [-0.4, -0.2) is 58.0 Å². The molecule has 16 heavy (non-hydrogen) atoms.